The van der Waals surface area contributed by atoms with Crippen molar-refractivity contribution < 1.29 is 28.7 Å². The largest absolute Gasteiger partial charge is 0.673 e. The van der Waals surface area contributed by atoms with Crippen LogP contribution in [0.4, 0.5) is 0 Å². The number of rotatable bonds is 4. The van der Waals surface area contributed by atoms with Crippen LogP contribution < -0.4 is 0 Å². The number of aliphatic hydroxyl groups excluding tert-OH is 2. The highest BCUT2D eigenvalue weighted by Crippen LogP contribution is 1.93. The smallest absolute Gasteiger partial charge is 0.393 e. The molecular formula is C7H20O6Si. The first-order valence-electron chi connectivity index (χ1n) is 4.16. The molecule has 0 aromatic heterocycles. The topological polar surface area (TPSA) is 99.4 Å². The highest BCUT2D eigenvalue weighted by Gasteiger charge is 2.32. The summed E-state index contributed by atoms with van der Waals surface area (Å²) in [6.07, 6.45) is -0.278. The van der Waals surface area contributed by atoms with Crippen LogP contribution in [0.5, 0.6) is 0 Å². The molecule has 0 aromatic carbocycles. The SMILES string of the molecule is CC(O)CC(C)O.CO[Si](O)(O)OC. The quantitative estimate of drug-likeness (QED) is 0.453. The molecule has 0 aromatic rings. The lowest BCUT2D eigenvalue weighted by Crippen LogP contribution is -2.40. The molecule has 88 valence electrons. The van der Waals surface area contributed by atoms with Gasteiger partial charge in [-0.2, -0.15) is 0 Å². The molecule has 2 atom stereocenters. The normalized spacial score (nSPS) is 15.4. The van der Waals surface area contributed by atoms with Gasteiger partial charge in [0.1, 0.15) is 0 Å². The highest BCUT2D eigenvalue weighted by molar-refractivity contribution is 6.50. The van der Waals surface area contributed by atoms with E-state index in [1.54, 1.807) is 13.8 Å². The zero-order chi connectivity index (χ0) is 11.8. The van der Waals surface area contributed by atoms with Crippen molar-refractivity contribution in [3.63, 3.8) is 0 Å². The van der Waals surface area contributed by atoms with E-state index in [0.717, 1.165) is 0 Å². The molecule has 4 N–H and O–H groups in total. The standard InChI is InChI=1S/C5H12O2.C2H8O4Si/c1-4(6)3-5(2)7;1-5-7(3,4)6-2/h4-7H,3H2,1-2H3;3-4H,1-2H3. The number of hydrogen-bond donors (Lipinski definition) is 4. The van der Waals surface area contributed by atoms with Gasteiger partial charge in [0.25, 0.3) is 0 Å². The van der Waals surface area contributed by atoms with Gasteiger partial charge < -0.3 is 28.7 Å². The summed E-state index contributed by atoms with van der Waals surface area (Å²) in [5, 5.41) is 17.1. The molecule has 0 fully saturated rings. The van der Waals surface area contributed by atoms with Crippen molar-refractivity contribution in [2.75, 3.05) is 14.2 Å². The Balaban J connectivity index is 0. The van der Waals surface area contributed by atoms with Crippen LogP contribution in [0.1, 0.15) is 20.3 Å². The third kappa shape index (κ3) is 14.5. The molecule has 0 spiro atoms. The average molecular weight is 228 g/mol. The van der Waals surface area contributed by atoms with Crippen molar-refractivity contribution >= 4 is 9.05 Å². The fourth-order valence-electron chi connectivity index (χ4n) is 0.577. The minimum atomic E-state index is -3.65. The fourth-order valence-corrected chi connectivity index (χ4v) is 0.744. The summed E-state index contributed by atoms with van der Waals surface area (Å²) in [6, 6.07) is 0. The van der Waals surface area contributed by atoms with Gasteiger partial charge in [-0.25, -0.2) is 0 Å². The summed E-state index contributed by atoms with van der Waals surface area (Å²) < 4.78 is 8.23. The average Bonchev–Trinajstić information content (AvgIpc) is 2.03. The third-order valence-corrected chi connectivity index (χ3v) is 2.28. The highest BCUT2D eigenvalue weighted by atomic mass is 28.4. The van der Waals surface area contributed by atoms with E-state index >= 15 is 0 Å². The summed E-state index contributed by atoms with van der Waals surface area (Å²) in [4.78, 5) is 16.8. The van der Waals surface area contributed by atoms with Gasteiger partial charge in [0, 0.05) is 14.2 Å². The Kier molecular flexibility index (Phi) is 9.73. The van der Waals surface area contributed by atoms with Crippen molar-refractivity contribution in [2.24, 2.45) is 0 Å². The first-order valence-corrected chi connectivity index (χ1v) is 5.87. The van der Waals surface area contributed by atoms with Crippen molar-refractivity contribution in [2.45, 2.75) is 32.5 Å². The van der Waals surface area contributed by atoms with E-state index in [1.165, 1.54) is 14.2 Å². The van der Waals surface area contributed by atoms with Crippen LogP contribution in [0.15, 0.2) is 0 Å². The Morgan fingerprint density at radius 2 is 1.29 bits per heavy atom. The Hall–Kier alpha value is -0.0231. The zero-order valence-corrected chi connectivity index (χ0v) is 9.97. The maximum absolute atomic E-state index is 8.56. The first kappa shape index (κ1) is 16.4. The lowest BCUT2D eigenvalue weighted by molar-refractivity contribution is 0.0634. The zero-order valence-electron chi connectivity index (χ0n) is 8.97. The van der Waals surface area contributed by atoms with Gasteiger partial charge in [0.05, 0.1) is 12.2 Å². The monoisotopic (exact) mass is 228 g/mol. The molecule has 0 radical (unpaired) electrons. The van der Waals surface area contributed by atoms with Gasteiger partial charge in [-0.15, -0.1) is 0 Å². The van der Waals surface area contributed by atoms with Gasteiger partial charge in [-0.3, -0.25) is 0 Å². The van der Waals surface area contributed by atoms with Crippen LogP contribution in [0.3, 0.4) is 0 Å². The summed E-state index contributed by atoms with van der Waals surface area (Å²) in [5.41, 5.74) is 0. The van der Waals surface area contributed by atoms with Gasteiger partial charge in [0.15, 0.2) is 0 Å². The Morgan fingerprint density at radius 1 is 1.00 bits per heavy atom. The number of hydrogen-bond acceptors (Lipinski definition) is 6. The molecule has 7 heteroatoms. The summed E-state index contributed by atoms with van der Waals surface area (Å²) >= 11 is 0. The molecule has 6 nitrogen and oxygen atoms in total. The molecule has 0 saturated carbocycles. The molecule has 2 unspecified atom stereocenters. The van der Waals surface area contributed by atoms with E-state index in [0.29, 0.717) is 6.42 Å². The van der Waals surface area contributed by atoms with Crippen LogP contribution in [0, 0.1) is 0 Å². The summed E-state index contributed by atoms with van der Waals surface area (Å²) in [7, 11) is -1.30. The van der Waals surface area contributed by atoms with Crippen LogP contribution in [0.2, 0.25) is 0 Å². The Morgan fingerprint density at radius 3 is 1.29 bits per heavy atom. The molecule has 0 aliphatic rings. The molecule has 0 heterocycles. The van der Waals surface area contributed by atoms with Gasteiger partial charge in [0.2, 0.25) is 0 Å². The molecule has 0 amide bonds. The van der Waals surface area contributed by atoms with Crippen molar-refractivity contribution in [1.29, 1.82) is 0 Å². The lowest BCUT2D eigenvalue weighted by Gasteiger charge is -2.08. The predicted octanol–water partition coefficient (Wildman–Crippen LogP) is -1.16. The molecule has 0 aliphatic carbocycles. The van der Waals surface area contributed by atoms with Crippen molar-refractivity contribution in [3.8, 4) is 0 Å². The molecule has 0 saturated heterocycles. The molecule has 0 rings (SSSR count). The molecule has 14 heavy (non-hydrogen) atoms. The maximum atomic E-state index is 8.56. The maximum Gasteiger partial charge on any atom is 0.673 e. The van der Waals surface area contributed by atoms with Gasteiger partial charge in [-0.05, 0) is 20.3 Å². The minimum absolute atomic E-state index is 0.375. The second-order valence-electron chi connectivity index (χ2n) is 2.89. The second kappa shape index (κ2) is 8.30. The van der Waals surface area contributed by atoms with Crippen molar-refractivity contribution in [3.05, 3.63) is 0 Å². The van der Waals surface area contributed by atoms with Crippen LogP contribution in [-0.2, 0) is 8.85 Å². The van der Waals surface area contributed by atoms with Gasteiger partial charge in [-0.1, -0.05) is 0 Å². The van der Waals surface area contributed by atoms with Crippen LogP contribution >= 0.6 is 0 Å². The van der Waals surface area contributed by atoms with E-state index in [1.807, 2.05) is 0 Å². The fraction of sp³-hybridized carbons (Fsp3) is 1.00. The summed E-state index contributed by atoms with van der Waals surface area (Å²) in [5.74, 6) is 0. The third-order valence-electron chi connectivity index (χ3n) is 1.21. The van der Waals surface area contributed by atoms with E-state index in [-0.39, 0.29) is 12.2 Å². The lowest BCUT2D eigenvalue weighted by atomic mass is 10.2. The van der Waals surface area contributed by atoms with E-state index < -0.39 is 9.05 Å². The predicted molar refractivity (Wildman–Crippen MR) is 52.2 cm³/mol. The van der Waals surface area contributed by atoms with Crippen molar-refractivity contribution in [1.82, 2.24) is 0 Å². The molecular weight excluding hydrogens is 208 g/mol. The molecule has 0 aliphatic heterocycles. The minimum Gasteiger partial charge on any atom is -0.393 e. The molecule has 0 bridgehead atoms. The van der Waals surface area contributed by atoms with E-state index in [9.17, 15) is 0 Å². The van der Waals surface area contributed by atoms with Crippen LogP contribution in [0.25, 0.3) is 0 Å². The Bertz CT molecular complexity index is 115. The van der Waals surface area contributed by atoms with Crippen LogP contribution in [-0.4, -0.2) is 55.3 Å². The van der Waals surface area contributed by atoms with Gasteiger partial charge >= 0.3 is 9.05 Å². The van der Waals surface area contributed by atoms with E-state index in [2.05, 4.69) is 8.85 Å². The Labute approximate surface area is 85.2 Å². The number of aliphatic hydroxyl groups is 2. The summed E-state index contributed by atoms with van der Waals surface area (Å²) in [6.45, 7) is 3.32. The van der Waals surface area contributed by atoms with E-state index in [4.69, 9.17) is 19.8 Å². The first-order chi connectivity index (χ1) is 6.25. The second-order valence-corrected chi connectivity index (χ2v) is 4.80.